The lowest BCUT2D eigenvalue weighted by Gasteiger charge is -2.29. The minimum absolute atomic E-state index is 0.568. The summed E-state index contributed by atoms with van der Waals surface area (Å²) >= 11 is 0. The van der Waals surface area contributed by atoms with Crippen molar-refractivity contribution in [2.75, 3.05) is 37.5 Å². The summed E-state index contributed by atoms with van der Waals surface area (Å²) in [5, 5.41) is 8.33. The first-order valence-corrected chi connectivity index (χ1v) is 11.8. The van der Waals surface area contributed by atoms with Gasteiger partial charge in [0.1, 0.15) is 11.6 Å². The fourth-order valence-electron chi connectivity index (χ4n) is 4.49. The van der Waals surface area contributed by atoms with Gasteiger partial charge < -0.3 is 20.3 Å². The Morgan fingerprint density at radius 1 is 0.969 bits per heavy atom. The van der Waals surface area contributed by atoms with Gasteiger partial charge in [-0.05, 0) is 56.7 Å². The number of para-hydroxylation sites is 2. The fourth-order valence-corrected chi connectivity index (χ4v) is 4.49. The van der Waals surface area contributed by atoms with Gasteiger partial charge in [-0.3, -0.25) is 0 Å². The summed E-state index contributed by atoms with van der Waals surface area (Å²) < 4.78 is 5.75. The molecular formula is C26H35N5O. The Labute approximate surface area is 191 Å². The molecule has 1 aromatic heterocycles. The van der Waals surface area contributed by atoms with Crippen LogP contribution in [0.15, 0.2) is 48.5 Å². The maximum Gasteiger partial charge on any atom is 0.225 e. The average Bonchev–Trinajstić information content (AvgIpc) is 2.82. The number of hydrogen-bond donors (Lipinski definition) is 2. The Balaban J connectivity index is 1.28. The van der Waals surface area contributed by atoms with Crippen LogP contribution in [0.1, 0.15) is 38.2 Å². The van der Waals surface area contributed by atoms with Gasteiger partial charge in [-0.15, -0.1) is 0 Å². The number of nitrogens with zero attached hydrogens (tertiary/aromatic N) is 3. The largest absolute Gasteiger partial charge is 0.494 e. The zero-order valence-electron chi connectivity index (χ0n) is 19.5. The van der Waals surface area contributed by atoms with Crippen molar-refractivity contribution < 1.29 is 4.74 Å². The summed E-state index contributed by atoms with van der Waals surface area (Å²) in [6.45, 7) is 4.52. The zero-order chi connectivity index (χ0) is 22.3. The van der Waals surface area contributed by atoms with Gasteiger partial charge in [0.15, 0.2) is 0 Å². The third-order valence-electron chi connectivity index (χ3n) is 6.26. The third kappa shape index (κ3) is 5.49. The standard InChI is InChI=1S/C26H35N5O/c1-4-32-24-12-8-5-9-20(24)18-27-21-15-13-19(14-16-21)17-28-26-29-23-11-7-6-10-22(23)25(30-26)31(2)3/h5-12,19,21,27H,4,13-18H2,1-3H3,(H,28,29,30). The normalized spacial score (nSPS) is 18.5. The molecule has 170 valence electrons. The molecule has 0 aliphatic heterocycles. The van der Waals surface area contributed by atoms with E-state index in [1.54, 1.807) is 0 Å². The van der Waals surface area contributed by atoms with E-state index in [0.717, 1.165) is 41.5 Å². The number of hydrogen-bond acceptors (Lipinski definition) is 6. The summed E-state index contributed by atoms with van der Waals surface area (Å²) in [5.41, 5.74) is 2.22. The van der Waals surface area contributed by atoms with Crippen molar-refractivity contribution in [3.63, 3.8) is 0 Å². The lowest BCUT2D eigenvalue weighted by atomic mass is 9.86. The number of ether oxygens (including phenoxy) is 1. The topological polar surface area (TPSA) is 62.3 Å². The number of benzene rings is 2. The van der Waals surface area contributed by atoms with E-state index in [-0.39, 0.29) is 0 Å². The van der Waals surface area contributed by atoms with E-state index >= 15 is 0 Å². The average molecular weight is 434 g/mol. The monoisotopic (exact) mass is 433 g/mol. The Kier molecular flexibility index (Phi) is 7.43. The molecule has 0 saturated heterocycles. The molecule has 1 saturated carbocycles. The van der Waals surface area contributed by atoms with Crippen molar-refractivity contribution in [1.29, 1.82) is 0 Å². The van der Waals surface area contributed by atoms with Gasteiger partial charge in [0, 0.05) is 44.2 Å². The number of anilines is 2. The molecule has 0 bridgehead atoms. The van der Waals surface area contributed by atoms with Gasteiger partial charge >= 0.3 is 0 Å². The molecular weight excluding hydrogens is 398 g/mol. The molecule has 0 unspecified atom stereocenters. The number of rotatable bonds is 9. The smallest absolute Gasteiger partial charge is 0.225 e. The second kappa shape index (κ2) is 10.6. The van der Waals surface area contributed by atoms with Crippen LogP contribution in [0, 0.1) is 5.92 Å². The molecule has 0 radical (unpaired) electrons. The van der Waals surface area contributed by atoms with Crippen molar-refractivity contribution in [2.45, 2.75) is 45.2 Å². The predicted octanol–water partition coefficient (Wildman–Crippen LogP) is 4.86. The number of nitrogens with one attached hydrogen (secondary N) is 2. The number of fused-ring (bicyclic) bond motifs is 1. The molecule has 6 nitrogen and oxygen atoms in total. The maximum absolute atomic E-state index is 5.75. The highest BCUT2D eigenvalue weighted by atomic mass is 16.5. The van der Waals surface area contributed by atoms with E-state index < -0.39 is 0 Å². The summed E-state index contributed by atoms with van der Waals surface area (Å²) in [7, 11) is 4.05. The Hall–Kier alpha value is -2.86. The van der Waals surface area contributed by atoms with Gasteiger partial charge in [0.25, 0.3) is 0 Å². The van der Waals surface area contributed by atoms with E-state index in [4.69, 9.17) is 14.7 Å². The van der Waals surface area contributed by atoms with Crippen LogP contribution in [0.3, 0.4) is 0 Å². The molecule has 32 heavy (non-hydrogen) atoms. The van der Waals surface area contributed by atoms with Gasteiger partial charge in [-0.1, -0.05) is 30.3 Å². The molecule has 1 aliphatic rings. The summed E-state index contributed by atoms with van der Waals surface area (Å²) in [6, 6.07) is 17.1. The first-order valence-electron chi connectivity index (χ1n) is 11.8. The van der Waals surface area contributed by atoms with Gasteiger partial charge in [0.2, 0.25) is 5.95 Å². The molecule has 2 aromatic carbocycles. The summed E-state index contributed by atoms with van der Waals surface area (Å²) in [6.07, 6.45) is 4.83. The summed E-state index contributed by atoms with van der Waals surface area (Å²) in [5.74, 6) is 3.33. The molecule has 1 aliphatic carbocycles. The van der Waals surface area contributed by atoms with Crippen LogP contribution in [0.4, 0.5) is 11.8 Å². The van der Waals surface area contributed by atoms with Crippen LogP contribution in [0.5, 0.6) is 5.75 Å². The zero-order valence-corrected chi connectivity index (χ0v) is 19.5. The Morgan fingerprint density at radius 3 is 2.50 bits per heavy atom. The predicted molar refractivity (Wildman–Crippen MR) is 133 cm³/mol. The van der Waals surface area contributed by atoms with E-state index in [0.29, 0.717) is 18.6 Å². The van der Waals surface area contributed by atoms with Gasteiger partial charge in [0.05, 0.1) is 12.1 Å². The maximum atomic E-state index is 5.75. The Morgan fingerprint density at radius 2 is 1.72 bits per heavy atom. The molecule has 6 heteroatoms. The Bertz CT molecular complexity index is 1010. The molecule has 4 rings (SSSR count). The number of aromatic nitrogens is 2. The molecule has 0 spiro atoms. The molecule has 1 fully saturated rings. The molecule has 0 amide bonds. The second-order valence-corrected chi connectivity index (χ2v) is 8.80. The van der Waals surface area contributed by atoms with Crippen LogP contribution < -0.4 is 20.3 Å². The van der Waals surface area contributed by atoms with Crippen molar-refractivity contribution in [1.82, 2.24) is 15.3 Å². The quantitative estimate of drug-likeness (QED) is 0.503. The van der Waals surface area contributed by atoms with Gasteiger partial charge in [-0.2, -0.15) is 4.98 Å². The van der Waals surface area contributed by atoms with Gasteiger partial charge in [-0.25, -0.2) is 4.98 Å². The summed E-state index contributed by atoms with van der Waals surface area (Å²) in [4.78, 5) is 11.5. The van der Waals surface area contributed by atoms with E-state index in [2.05, 4.69) is 45.9 Å². The third-order valence-corrected chi connectivity index (χ3v) is 6.26. The minimum Gasteiger partial charge on any atom is -0.494 e. The highest BCUT2D eigenvalue weighted by molar-refractivity contribution is 5.90. The molecule has 0 atom stereocenters. The van der Waals surface area contributed by atoms with E-state index in [9.17, 15) is 0 Å². The van der Waals surface area contributed by atoms with E-state index in [1.807, 2.05) is 39.2 Å². The first-order chi connectivity index (χ1) is 15.6. The minimum atomic E-state index is 0.568. The lowest BCUT2D eigenvalue weighted by molar-refractivity contribution is 0.296. The van der Waals surface area contributed by atoms with Crippen LogP contribution in [0.2, 0.25) is 0 Å². The highest BCUT2D eigenvalue weighted by Crippen LogP contribution is 2.27. The van der Waals surface area contributed by atoms with Crippen LogP contribution in [0.25, 0.3) is 10.9 Å². The van der Waals surface area contributed by atoms with Crippen molar-refractivity contribution in [3.8, 4) is 5.75 Å². The fraction of sp³-hybridized carbons (Fsp3) is 0.462. The second-order valence-electron chi connectivity index (χ2n) is 8.80. The first kappa shape index (κ1) is 22.3. The van der Waals surface area contributed by atoms with Crippen molar-refractivity contribution in [2.24, 2.45) is 5.92 Å². The van der Waals surface area contributed by atoms with Crippen molar-refractivity contribution >= 4 is 22.7 Å². The van der Waals surface area contributed by atoms with Crippen molar-refractivity contribution in [3.05, 3.63) is 54.1 Å². The van der Waals surface area contributed by atoms with Crippen LogP contribution in [-0.2, 0) is 6.54 Å². The highest BCUT2D eigenvalue weighted by Gasteiger charge is 2.21. The van der Waals surface area contributed by atoms with Crippen LogP contribution >= 0.6 is 0 Å². The SMILES string of the molecule is CCOc1ccccc1CNC1CCC(CNc2nc(N(C)C)c3ccccc3n2)CC1. The van der Waals surface area contributed by atoms with Crippen LogP contribution in [-0.4, -0.2) is 43.3 Å². The molecule has 1 heterocycles. The molecule has 3 aromatic rings. The molecule has 2 N–H and O–H groups in total. The lowest BCUT2D eigenvalue weighted by Crippen LogP contribution is -2.34. The van der Waals surface area contributed by atoms with E-state index in [1.165, 1.54) is 31.2 Å².